The van der Waals surface area contributed by atoms with Crippen molar-refractivity contribution in [3.8, 4) is 0 Å². The van der Waals surface area contributed by atoms with E-state index in [-0.39, 0.29) is 14.9 Å². The summed E-state index contributed by atoms with van der Waals surface area (Å²) in [6.45, 7) is 16.6. The SMILES string of the molecule is C.C.C1CC1.C=C.C=CC1CC1.CC(C)(C)C1CC1. The van der Waals surface area contributed by atoms with E-state index in [9.17, 15) is 0 Å². The summed E-state index contributed by atoms with van der Waals surface area (Å²) in [5.74, 6) is 1.95. The van der Waals surface area contributed by atoms with Gasteiger partial charge >= 0.3 is 0 Å². The smallest absolute Gasteiger partial charge is 0.0236 e. The van der Waals surface area contributed by atoms with E-state index in [1.807, 2.05) is 6.08 Å². The fraction of sp³-hybridized carbons (Fsp3) is 0.789. The van der Waals surface area contributed by atoms with E-state index < -0.39 is 0 Å². The molecule has 0 aromatic heterocycles. The first-order chi connectivity index (χ1) is 8.04. The summed E-state index contributed by atoms with van der Waals surface area (Å²) in [6, 6.07) is 0. The Morgan fingerprint density at radius 3 is 1.21 bits per heavy atom. The standard InChI is InChI=1S/C7H14.C5H8.C3H6.C2H4.2CH4/c1-7(2,3)6-4-5-6;1-2-5-3-4-5;1-2-3-1;1-2;;/h6H,4-5H2,1-3H3;2,5H,1,3-4H2;1-3H2;1-2H2;2*1H4. The molecule has 0 aromatic carbocycles. The predicted octanol–water partition coefficient (Wildman–Crippen LogP) is 7.27. The molecule has 0 atom stereocenters. The van der Waals surface area contributed by atoms with Crippen LogP contribution in [0, 0.1) is 17.3 Å². The lowest BCUT2D eigenvalue weighted by Crippen LogP contribution is -2.06. The van der Waals surface area contributed by atoms with Gasteiger partial charge in [0.15, 0.2) is 0 Å². The second kappa shape index (κ2) is 12.5. The van der Waals surface area contributed by atoms with Crippen molar-refractivity contribution in [1.29, 1.82) is 0 Å². The first-order valence-corrected chi connectivity index (χ1v) is 7.16. The second-order valence-electron chi connectivity index (χ2n) is 6.27. The Morgan fingerprint density at radius 1 is 0.842 bits per heavy atom. The maximum absolute atomic E-state index is 3.62. The largest absolute Gasteiger partial charge is 0.106 e. The van der Waals surface area contributed by atoms with Crippen molar-refractivity contribution in [2.75, 3.05) is 0 Å². The van der Waals surface area contributed by atoms with Crippen LogP contribution in [0.4, 0.5) is 0 Å². The minimum atomic E-state index is 0. The third-order valence-corrected chi connectivity index (χ3v) is 3.11. The Morgan fingerprint density at radius 2 is 1.21 bits per heavy atom. The quantitative estimate of drug-likeness (QED) is 0.439. The van der Waals surface area contributed by atoms with Crippen LogP contribution in [0.2, 0.25) is 0 Å². The van der Waals surface area contributed by atoms with Crippen LogP contribution in [-0.4, -0.2) is 0 Å². The van der Waals surface area contributed by atoms with Gasteiger partial charge in [0.25, 0.3) is 0 Å². The Bertz CT molecular complexity index is 184. The Hall–Kier alpha value is -0.520. The normalized spacial score (nSPS) is 18.3. The molecule has 0 amide bonds. The second-order valence-corrected chi connectivity index (χ2v) is 6.27. The third-order valence-electron chi connectivity index (χ3n) is 3.11. The molecule has 0 aliphatic heterocycles. The molecule has 116 valence electrons. The Kier molecular flexibility index (Phi) is 15.5. The molecule has 0 saturated heterocycles. The van der Waals surface area contributed by atoms with Gasteiger partial charge < -0.3 is 0 Å². The van der Waals surface area contributed by atoms with Gasteiger partial charge in [-0.05, 0) is 42.9 Å². The van der Waals surface area contributed by atoms with E-state index in [2.05, 4.69) is 40.5 Å². The molecule has 0 heteroatoms. The van der Waals surface area contributed by atoms with Gasteiger partial charge in [-0.2, -0.15) is 0 Å². The van der Waals surface area contributed by atoms with E-state index in [0.29, 0.717) is 5.41 Å². The molecule has 0 bridgehead atoms. The van der Waals surface area contributed by atoms with Gasteiger partial charge in [-0.1, -0.05) is 61.0 Å². The minimum Gasteiger partial charge on any atom is -0.106 e. The van der Waals surface area contributed by atoms with Crippen molar-refractivity contribution in [2.45, 2.75) is 80.6 Å². The Balaban J connectivity index is -0.000000190. The summed E-state index contributed by atoms with van der Waals surface area (Å²) in [4.78, 5) is 0. The molecule has 3 aliphatic carbocycles. The average Bonchev–Trinajstić information content (AvgIpc) is 3.21. The van der Waals surface area contributed by atoms with Gasteiger partial charge in [0.05, 0.1) is 0 Å². The molecule has 3 aliphatic rings. The lowest BCUT2D eigenvalue weighted by atomic mass is 9.91. The van der Waals surface area contributed by atoms with Crippen LogP contribution in [0.1, 0.15) is 80.6 Å². The van der Waals surface area contributed by atoms with Crippen LogP contribution in [-0.2, 0) is 0 Å². The molecule has 3 saturated carbocycles. The molecular weight excluding hydrogens is 228 g/mol. The highest BCUT2D eigenvalue weighted by molar-refractivity contribution is 4.88. The van der Waals surface area contributed by atoms with Crippen molar-refractivity contribution in [3.63, 3.8) is 0 Å². The van der Waals surface area contributed by atoms with Crippen LogP contribution in [0.15, 0.2) is 25.8 Å². The molecule has 3 rings (SSSR count). The van der Waals surface area contributed by atoms with E-state index in [4.69, 9.17) is 0 Å². The zero-order valence-corrected chi connectivity index (χ0v) is 12.3. The van der Waals surface area contributed by atoms with Crippen molar-refractivity contribution in [1.82, 2.24) is 0 Å². The van der Waals surface area contributed by atoms with Gasteiger partial charge in [0, 0.05) is 0 Å². The molecule has 0 heterocycles. The summed E-state index contributed by atoms with van der Waals surface area (Å²) in [7, 11) is 0. The summed E-state index contributed by atoms with van der Waals surface area (Å²) < 4.78 is 0. The van der Waals surface area contributed by atoms with E-state index in [0.717, 1.165) is 11.8 Å². The van der Waals surface area contributed by atoms with Crippen molar-refractivity contribution in [3.05, 3.63) is 25.8 Å². The first-order valence-electron chi connectivity index (χ1n) is 7.16. The molecule has 3 fully saturated rings. The van der Waals surface area contributed by atoms with Crippen molar-refractivity contribution in [2.24, 2.45) is 17.3 Å². The fourth-order valence-corrected chi connectivity index (χ4v) is 1.28. The topological polar surface area (TPSA) is 0 Å². The van der Waals surface area contributed by atoms with Gasteiger partial charge in [-0.15, -0.1) is 19.7 Å². The van der Waals surface area contributed by atoms with Crippen LogP contribution in [0.25, 0.3) is 0 Å². The zero-order valence-electron chi connectivity index (χ0n) is 12.3. The highest BCUT2D eigenvalue weighted by atomic mass is 14.4. The number of rotatable bonds is 1. The first kappa shape index (κ1) is 23.6. The van der Waals surface area contributed by atoms with Crippen molar-refractivity contribution >= 4 is 0 Å². The van der Waals surface area contributed by atoms with Crippen LogP contribution in [0.3, 0.4) is 0 Å². The monoisotopic (exact) mass is 268 g/mol. The van der Waals surface area contributed by atoms with Crippen molar-refractivity contribution < 1.29 is 0 Å². The molecule has 0 nitrogen and oxygen atoms in total. The van der Waals surface area contributed by atoms with Crippen LogP contribution < -0.4 is 0 Å². The lowest BCUT2D eigenvalue weighted by molar-refractivity contribution is 0.351. The summed E-state index contributed by atoms with van der Waals surface area (Å²) in [5.41, 5.74) is 0.611. The molecular formula is C19H40. The molecule has 0 aromatic rings. The van der Waals surface area contributed by atoms with Gasteiger partial charge in [0.1, 0.15) is 0 Å². The predicted molar refractivity (Wildman–Crippen MR) is 93.7 cm³/mol. The number of hydrogen-bond donors (Lipinski definition) is 0. The van der Waals surface area contributed by atoms with Gasteiger partial charge in [0.2, 0.25) is 0 Å². The molecule has 0 unspecified atom stereocenters. The van der Waals surface area contributed by atoms with E-state index in [1.54, 1.807) is 0 Å². The summed E-state index contributed by atoms with van der Waals surface area (Å²) >= 11 is 0. The van der Waals surface area contributed by atoms with E-state index >= 15 is 0 Å². The Labute approximate surface area is 124 Å². The van der Waals surface area contributed by atoms with Gasteiger partial charge in [-0.3, -0.25) is 0 Å². The van der Waals surface area contributed by atoms with Crippen LogP contribution in [0.5, 0.6) is 0 Å². The average molecular weight is 269 g/mol. The highest BCUT2D eigenvalue weighted by Crippen LogP contribution is 2.44. The molecule has 0 N–H and O–H groups in total. The van der Waals surface area contributed by atoms with Crippen LogP contribution >= 0.6 is 0 Å². The summed E-state index contributed by atoms with van der Waals surface area (Å²) in [5, 5.41) is 0. The molecule has 0 radical (unpaired) electrons. The lowest BCUT2D eigenvalue weighted by Gasteiger charge is -2.15. The zero-order chi connectivity index (χ0) is 13.3. The molecule has 19 heavy (non-hydrogen) atoms. The highest BCUT2D eigenvalue weighted by Gasteiger charge is 2.33. The maximum Gasteiger partial charge on any atom is -0.0236 e. The van der Waals surface area contributed by atoms with Gasteiger partial charge in [-0.25, -0.2) is 0 Å². The third kappa shape index (κ3) is 20.0. The number of hydrogen-bond acceptors (Lipinski definition) is 0. The summed E-state index contributed by atoms with van der Waals surface area (Å²) in [6.07, 6.45) is 12.3. The minimum absolute atomic E-state index is 0. The fourth-order valence-electron chi connectivity index (χ4n) is 1.28. The van der Waals surface area contributed by atoms with E-state index in [1.165, 1.54) is 44.9 Å². The maximum atomic E-state index is 3.62. The molecule has 0 spiro atoms. The number of allylic oxidation sites excluding steroid dienone is 1.